The van der Waals surface area contributed by atoms with Gasteiger partial charge in [-0.1, -0.05) is 31.7 Å². The Balaban J connectivity index is 1.64. The molecule has 1 aromatic carbocycles. The van der Waals surface area contributed by atoms with Gasteiger partial charge in [0.15, 0.2) is 0 Å². The lowest BCUT2D eigenvalue weighted by Gasteiger charge is -2.16. The average molecular weight is 380 g/mol. The van der Waals surface area contributed by atoms with Crippen LogP contribution in [0.15, 0.2) is 42.5 Å². The van der Waals surface area contributed by atoms with Gasteiger partial charge in [0.25, 0.3) is 11.8 Å². The molecule has 0 radical (unpaired) electrons. The number of anilines is 2. The molecule has 1 aliphatic rings. The lowest BCUT2D eigenvalue weighted by molar-refractivity contribution is 0.0928. The van der Waals surface area contributed by atoms with Gasteiger partial charge in [-0.3, -0.25) is 9.59 Å². The van der Waals surface area contributed by atoms with Gasteiger partial charge in [0.05, 0.1) is 0 Å². The SMILES string of the molecule is CN(C)c1ccc(NC(=O)c2cccc(C(=O)NC3CCCCCC3)n2)cc1. The van der Waals surface area contributed by atoms with Crippen molar-refractivity contribution < 1.29 is 9.59 Å². The molecular weight excluding hydrogens is 352 g/mol. The Morgan fingerprint density at radius 2 is 1.50 bits per heavy atom. The summed E-state index contributed by atoms with van der Waals surface area (Å²) in [4.78, 5) is 31.3. The average Bonchev–Trinajstić information content (AvgIpc) is 2.97. The fraction of sp³-hybridized carbons (Fsp3) is 0.409. The Labute approximate surface area is 166 Å². The van der Waals surface area contributed by atoms with Crippen molar-refractivity contribution in [2.24, 2.45) is 0 Å². The van der Waals surface area contributed by atoms with Crippen LogP contribution in [0.3, 0.4) is 0 Å². The van der Waals surface area contributed by atoms with E-state index in [-0.39, 0.29) is 29.2 Å². The second-order valence-corrected chi connectivity index (χ2v) is 7.47. The van der Waals surface area contributed by atoms with Crippen LogP contribution in [0.25, 0.3) is 0 Å². The first-order valence-corrected chi connectivity index (χ1v) is 9.89. The Kier molecular flexibility index (Phi) is 6.63. The normalized spacial score (nSPS) is 14.8. The maximum absolute atomic E-state index is 12.5. The van der Waals surface area contributed by atoms with E-state index in [0.29, 0.717) is 5.69 Å². The molecule has 0 saturated heterocycles. The highest BCUT2D eigenvalue weighted by atomic mass is 16.2. The topological polar surface area (TPSA) is 74.3 Å². The molecule has 2 N–H and O–H groups in total. The third kappa shape index (κ3) is 5.31. The molecule has 1 fully saturated rings. The van der Waals surface area contributed by atoms with Gasteiger partial charge in [-0.05, 0) is 49.2 Å². The van der Waals surface area contributed by atoms with E-state index in [1.165, 1.54) is 12.8 Å². The third-order valence-electron chi connectivity index (χ3n) is 5.05. The van der Waals surface area contributed by atoms with Gasteiger partial charge >= 0.3 is 0 Å². The molecule has 0 aliphatic heterocycles. The first kappa shape index (κ1) is 19.9. The van der Waals surface area contributed by atoms with Crippen LogP contribution in [0.1, 0.15) is 59.5 Å². The van der Waals surface area contributed by atoms with Crippen molar-refractivity contribution in [2.45, 2.75) is 44.6 Å². The second-order valence-electron chi connectivity index (χ2n) is 7.47. The fourth-order valence-corrected chi connectivity index (χ4v) is 3.41. The second kappa shape index (κ2) is 9.35. The van der Waals surface area contributed by atoms with Crippen molar-refractivity contribution in [2.75, 3.05) is 24.3 Å². The van der Waals surface area contributed by atoms with Crippen molar-refractivity contribution in [1.29, 1.82) is 0 Å². The Morgan fingerprint density at radius 3 is 2.11 bits per heavy atom. The molecule has 3 rings (SSSR count). The molecule has 0 atom stereocenters. The van der Waals surface area contributed by atoms with E-state index in [4.69, 9.17) is 0 Å². The molecule has 0 unspecified atom stereocenters. The monoisotopic (exact) mass is 380 g/mol. The van der Waals surface area contributed by atoms with Crippen LogP contribution in [0, 0.1) is 0 Å². The molecule has 148 valence electrons. The third-order valence-corrected chi connectivity index (χ3v) is 5.05. The van der Waals surface area contributed by atoms with Gasteiger partial charge in [-0.2, -0.15) is 0 Å². The molecule has 0 bridgehead atoms. The number of hydrogen-bond acceptors (Lipinski definition) is 4. The van der Waals surface area contributed by atoms with E-state index in [9.17, 15) is 9.59 Å². The van der Waals surface area contributed by atoms with Crippen molar-refractivity contribution in [3.05, 3.63) is 53.9 Å². The molecule has 1 saturated carbocycles. The molecular formula is C22H28N4O2. The van der Waals surface area contributed by atoms with Crippen LogP contribution in [0.2, 0.25) is 0 Å². The summed E-state index contributed by atoms with van der Waals surface area (Å²) in [5.41, 5.74) is 2.24. The maximum Gasteiger partial charge on any atom is 0.274 e. The Hall–Kier alpha value is -2.89. The maximum atomic E-state index is 12.5. The predicted molar refractivity (Wildman–Crippen MR) is 112 cm³/mol. The van der Waals surface area contributed by atoms with Crippen LogP contribution in [0.5, 0.6) is 0 Å². The standard InChI is InChI=1S/C22H28N4O2/c1-26(2)18-14-12-17(13-15-18)24-22(28)20-11-7-10-19(25-20)21(27)23-16-8-5-3-4-6-9-16/h7,10-16H,3-6,8-9H2,1-2H3,(H,23,27)(H,24,28). The number of pyridine rings is 1. The van der Waals surface area contributed by atoms with E-state index in [0.717, 1.165) is 31.4 Å². The lowest BCUT2D eigenvalue weighted by atomic mass is 10.1. The van der Waals surface area contributed by atoms with E-state index < -0.39 is 0 Å². The van der Waals surface area contributed by atoms with Crippen molar-refractivity contribution in [3.8, 4) is 0 Å². The first-order chi connectivity index (χ1) is 13.5. The highest BCUT2D eigenvalue weighted by molar-refractivity contribution is 6.03. The number of rotatable bonds is 5. The molecule has 1 heterocycles. The fourth-order valence-electron chi connectivity index (χ4n) is 3.41. The molecule has 2 amide bonds. The van der Waals surface area contributed by atoms with Gasteiger partial charge in [0.2, 0.25) is 0 Å². The van der Waals surface area contributed by atoms with E-state index >= 15 is 0 Å². The van der Waals surface area contributed by atoms with Crippen LogP contribution in [-0.4, -0.2) is 36.9 Å². The summed E-state index contributed by atoms with van der Waals surface area (Å²) in [6, 6.07) is 12.7. The van der Waals surface area contributed by atoms with E-state index in [1.54, 1.807) is 18.2 Å². The van der Waals surface area contributed by atoms with Gasteiger partial charge < -0.3 is 15.5 Å². The van der Waals surface area contributed by atoms with Crippen molar-refractivity contribution >= 4 is 23.2 Å². The number of amides is 2. The summed E-state index contributed by atoms with van der Waals surface area (Å²) in [7, 11) is 3.92. The number of benzene rings is 1. The zero-order valence-corrected chi connectivity index (χ0v) is 16.6. The zero-order chi connectivity index (χ0) is 19.9. The number of carbonyl (C=O) groups is 2. The van der Waals surface area contributed by atoms with Crippen LogP contribution < -0.4 is 15.5 Å². The number of carbonyl (C=O) groups excluding carboxylic acids is 2. The molecule has 1 aliphatic carbocycles. The summed E-state index contributed by atoms with van der Waals surface area (Å²) in [5, 5.41) is 5.90. The van der Waals surface area contributed by atoms with E-state index in [2.05, 4.69) is 15.6 Å². The van der Waals surface area contributed by atoms with Gasteiger partial charge in [0.1, 0.15) is 11.4 Å². The lowest BCUT2D eigenvalue weighted by Crippen LogP contribution is -2.35. The summed E-state index contributed by atoms with van der Waals surface area (Å²) >= 11 is 0. The number of nitrogens with one attached hydrogen (secondary N) is 2. The van der Waals surface area contributed by atoms with Crippen molar-refractivity contribution in [1.82, 2.24) is 10.3 Å². The molecule has 1 aromatic heterocycles. The summed E-state index contributed by atoms with van der Waals surface area (Å²) in [5.74, 6) is -0.543. The summed E-state index contributed by atoms with van der Waals surface area (Å²) < 4.78 is 0. The first-order valence-electron chi connectivity index (χ1n) is 9.89. The molecule has 28 heavy (non-hydrogen) atoms. The van der Waals surface area contributed by atoms with Gasteiger partial charge in [-0.15, -0.1) is 0 Å². The Morgan fingerprint density at radius 1 is 0.893 bits per heavy atom. The van der Waals surface area contributed by atoms with Crippen LogP contribution in [-0.2, 0) is 0 Å². The minimum Gasteiger partial charge on any atom is -0.378 e. The highest BCUT2D eigenvalue weighted by Crippen LogP contribution is 2.18. The minimum absolute atomic E-state index is 0.199. The quantitative estimate of drug-likeness (QED) is 0.773. The van der Waals surface area contributed by atoms with E-state index in [1.807, 2.05) is 43.3 Å². The molecule has 2 aromatic rings. The van der Waals surface area contributed by atoms with Crippen LogP contribution in [0.4, 0.5) is 11.4 Å². The number of aromatic nitrogens is 1. The smallest absolute Gasteiger partial charge is 0.274 e. The van der Waals surface area contributed by atoms with Crippen LogP contribution >= 0.6 is 0 Å². The molecule has 0 spiro atoms. The summed E-state index contributed by atoms with van der Waals surface area (Å²) in [6.45, 7) is 0. The molecule has 6 nitrogen and oxygen atoms in total. The van der Waals surface area contributed by atoms with Crippen molar-refractivity contribution in [3.63, 3.8) is 0 Å². The van der Waals surface area contributed by atoms with Gasteiger partial charge in [-0.25, -0.2) is 4.98 Å². The minimum atomic E-state index is -0.332. The summed E-state index contributed by atoms with van der Waals surface area (Å²) in [6.07, 6.45) is 6.77. The highest BCUT2D eigenvalue weighted by Gasteiger charge is 2.18. The predicted octanol–water partition coefficient (Wildman–Crippen LogP) is 3.85. The Bertz CT molecular complexity index is 810. The molecule has 6 heteroatoms. The number of hydrogen-bond donors (Lipinski definition) is 2. The zero-order valence-electron chi connectivity index (χ0n) is 16.6. The largest absolute Gasteiger partial charge is 0.378 e. The number of nitrogens with zero attached hydrogens (tertiary/aromatic N) is 2. The van der Waals surface area contributed by atoms with Gasteiger partial charge in [0, 0.05) is 31.5 Å².